The van der Waals surface area contributed by atoms with Gasteiger partial charge in [-0.3, -0.25) is 9.10 Å². The van der Waals surface area contributed by atoms with Crippen LogP contribution in [0.1, 0.15) is 38.3 Å². The van der Waals surface area contributed by atoms with E-state index in [1.807, 2.05) is 32.0 Å². The second-order valence-electron chi connectivity index (χ2n) is 8.97. The number of hydrazone groups is 1. The maximum absolute atomic E-state index is 13.4. The smallest absolute Gasteiger partial charge is 0.264 e. The van der Waals surface area contributed by atoms with Gasteiger partial charge in [-0.15, -0.1) is 0 Å². The van der Waals surface area contributed by atoms with E-state index in [2.05, 4.69) is 36.5 Å². The molecule has 0 radical (unpaired) electrons. The van der Waals surface area contributed by atoms with Gasteiger partial charge in [0.1, 0.15) is 6.54 Å². The SMILES string of the molecule is C/C(CC(C)(C)c1ccccc1)=N/NC(=O)CN(c1ccccc1)S(=O)(=O)c1ccc(C)cc1. The number of carbonyl (C=O) groups is 1. The fourth-order valence-electron chi connectivity index (χ4n) is 3.74. The molecule has 3 aromatic rings. The molecule has 3 rings (SSSR count). The number of sulfonamides is 1. The zero-order chi connectivity index (χ0) is 24.8. The van der Waals surface area contributed by atoms with Gasteiger partial charge in [0.15, 0.2) is 0 Å². The van der Waals surface area contributed by atoms with Crippen molar-refractivity contribution in [3.63, 3.8) is 0 Å². The summed E-state index contributed by atoms with van der Waals surface area (Å²) >= 11 is 0. The van der Waals surface area contributed by atoms with Crippen molar-refractivity contribution in [3.8, 4) is 0 Å². The number of para-hydroxylation sites is 1. The molecule has 0 fully saturated rings. The molecule has 0 saturated carbocycles. The number of nitrogens with one attached hydrogen (secondary N) is 1. The number of anilines is 1. The number of aryl methyl sites for hydroxylation is 1. The van der Waals surface area contributed by atoms with Gasteiger partial charge in [0.2, 0.25) is 0 Å². The van der Waals surface area contributed by atoms with Crippen LogP contribution < -0.4 is 9.73 Å². The Morgan fingerprint density at radius 2 is 1.47 bits per heavy atom. The average Bonchev–Trinajstić information content (AvgIpc) is 2.82. The van der Waals surface area contributed by atoms with Crippen molar-refractivity contribution in [2.75, 3.05) is 10.8 Å². The highest BCUT2D eigenvalue weighted by atomic mass is 32.2. The lowest BCUT2D eigenvalue weighted by molar-refractivity contribution is -0.119. The van der Waals surface area contributed by atoms with Crippen molar-refractivity contribution in [2.24, 2.45) is 5.10 Å². The molecule has 0 saturated heterocycles. The van der Waals surface area contributed by atoms with E-state index in [9.17, 15) is 13.2 Å². The van der Waals surface area contributed by atoms with E-state index >= 15 is 0 Å². The summed E-state index contributed by atoms with van der Waals surface area (Å²) in [7, 11) is -3.95. The fraction of sp³-hybridized carbons (Fsp3) is 0.259. The Balaban J connectivity index is 1.76. The van der Waals surface area contributed by atoms with Crippen molar-refractivity contribution >= 4 is 27.3 Å². The quantitative estimate of drug-likeness (QED) is 0.346. The molecule has 0 spiro atoms. The third-order valence-electron chi connectivity index (χ3n) is 5.56. The van der Waals surface area contributed by atoms with Crippen LogP contribution in [0.25, 0.3) is 0 Å². The molecule has 0 aromatic heterocycles. The van der Waals surface area contributed by atoms with Gasteiger partial charge in [0.05, 0.1) is 10.6 Å². The summed E-state index contributed by atoms with van der Waals surface area (Å²) in [6, 6.07) is 25.3. The molecular formula is C27H31N3O3S. The summed E-state index contributed by atoms with van der Waals surface area (Å²) in [4.78, 5) is 12.9. The summed E-state index contributed by atoms with van der Waals surface area (Å²) in [6.45, 7) is 7.59. The predicted octanol–water partition coefficient (Wildman–Crippen LogP) is 5.05. The number of amides is 1. The lowest BCUT2D eigenvalue weighted by Crippen LogP contribution is -2.39. The van der Waals surface area contributed by atoms with Crippen LogP contribution in [-0.4, -0.2) is 26.6 Å². The van der Waals surface area contributed by atoms with Crippen molar-refractivity contribution in [2.45, 2.75) is 44.4 Å². The van der Waals surface area contributed by atoms with Gasteiger partial charge in [0.25, 0.3) is 15.9 Å². The van der Waals surface area contributed by atoms with E-state index in [1.165, 1.54) is 5.56 Å². The molecule has 7 heteroatoms. The lowest BCUT2D eigenvalue weighted by Gasteiger charge is -2.25. The van der Waals surface area contributed by atoms with Crippen LogP contribution in [0.2, 0.25) is 0 Å². The summed E-state index contributed by atoms with van der Waals surface area (Å²) in [5.41, 5.74) is 5.65. The minimum atomic E-state index is -3.95. The van der Waals surface area contributed by atoms with E-state index in [0.717, 1.165) is 15.6 Å². The molecule has 0 atom stereocenters. The number of hydrogen-bond donors (Lipinski definition) is 1. The van der Waals surface area contributed by atoms with E-state index in [0.29, 0.717) is 12.1 Å². The molecule has 0 unspecified atom stereocenters. The molecular weight excluding hydrogens is 446 g/mol. The minimum Gasteiger partial charge on any atom is -0.271 e. The number of hydrogen-bond acceptors (Lipinski definition) is 4. The van der Waals surface area contributed by atoms with Gasteiger partial charge in [-0.2, -0.15) is 5.10 Å². The Hall–Kier alpha value is -3.45. The Morgan fingerprint density at radius 1 is 0.912 bits per heavy atom. The van der Waals surface area contributed by atoms with Crippen LogP contribution in [0.3, 0.4) is 0 Å². The molecule has 0 bridgehead atoms. The highest BCUT2D eigenvalue weighted by Gasteiger charge is 2.27. The number of carbonyl (C=O) groups excluding carboxylic acids is 1. The topological polar surface area (TPSA) is 78.8 Å². The van der Waals surface area contributed by atoms with Crippen LogP contribution in [-0.2, 0) is 20.2 Å². The first-order chi connectivity index (χ1) is 16.1. The highest BCUT2D eigenvalue weighted by Crippen LogP contribution is 2.27. The summed E-state index contributed by atoms with van der Waals surface area (Å²) in [5.74, 6) is -0.517. The Labute approximate surface area is 202 Å². The maximum atomic E-state index is 13.4. The fourth-order valence-corrected chi connectivity index (χ4v) is 5.16. The van der Waals surface area contributed by atoms with Gasteiger partial charge >= 0.3 is 0 Å². The third kappa shape index (κ3) is 6.32. The van der Waals surface area contributed by atoms with Crippen LogP contribution >= 0.6 is 0 Å². The van der Waals surface area contributed by atoms with Crippen molar-refractivity contribution < 1.29 is 13.2 Å². The van der Waals surface area contributed by atoms with Crippen molar-refractivity contribution in [3.05, 3.63) is 96.1 Å². The lowest BCUT2D eigenvalue weighted by atomic mass is 9.80. The zero-order valence-electron chi connectivity index (χ0n) is 20.0. The number of nitrogens with zero attached hydrogens (tertiary/aromatic N) is 2. The summed E-state index contributed by atoms with van der Waals surface area (Å²) in [5, 5.41) is 4.24. The first-order valence-corrected chi connectivity index (χ1v) is 12.6. The second-order valence-corrected chi connectivity index (χ2v) is 10.8. The Kier molecular flexibility index (Phi) is 7.89. The van der Waals surface area contributed by atoms with Gasteiger partial charge in [-0.05, 0) is 55.5 Å². The highest BCUT2D eigenvalue weighted by molar-refractivity contribution is 7.92. The molecule has 1 amide bonds. The predicted molar refractivity (Wildman–Crippen MR) is 137 cm³/mol. The monoisotopic (exact) mass is 477 g/mol. The van der Waals surface area contributed by atoms with Crippen LogP contribution in [0, 0.1) is 6.92 Å². The van der Waals surface area contributed by atoms with E-state index in [-0.39, 0.29) is 16.9 Å². The molecule has 0 heterocycles. The van der Waals surface area contributed by atoms with E-state index < -0.39 is 15.9 Å². The van der Waals surface area contributed by atoms with E-state index in [4.69, 9.17) is 0 Å². The average molecular weight is 478 g/mol. The van der Waals surface area contributed by atoms with E-state index in [1.54, 1.807) is 54.6 Å². The second kappa shape index (κ2) is 10.7. The van der Waals surface area contributed by atoms with Crippen molar-refractivity contribution in [1.82, 2.24) is 5.43 Å². The molecule has 0 aliphatic rings. The molecule has 0 aliphatic carbocycles. The van der Waals surface area contributed by atoms with Crippen LogP contribution in [0.4, 0.5) is 5.69 Å². The maximum Gasteiger partial charge on any atom is 0.264 e. The van der Waals surface area contributed by atoms with Crippen LogP contribution in [0.5, 0.6) is 0 Å². The largest absolute Gasteiger partial charge is 0.271 e. The molecule has 34 heavy (non-hydrogen) atoms. The molecule has 6 nitrogen and oxygen atoms in total. The molecule has 1 N–H and O–H groups in total. The van der Waals surface area contributed by atoms with Gasteiger partial charge < -0.3 is 0 Å². The van der Waals surface area contributed by atoms with Crippen LogP contribution in [0.15, 0.2) is 94.9 Å². The molecule has 3 aromatic carbocycles. The minimum absolute atomic E-state index is 0.124. The number of rotatable bonds is 9. The van der Waals surface area contributed by atoms with Gasteiger partial charge in [-0.25, -0.2) is 13.8 Å². The molecule has 178 valence electrons. The normalized spacial score (nSPS) is 12.3. The molecule has 0 aliphatic heterocycles. The standard InChI is InChI=1S/C27H31N3O3S/c1-21-15-17-25(18-16-21)34(32,33)30(24-13-9-6-10-14-24)20-26(31)29-28-22(2)19-27(3,4)23-11-7-5-8-12-23/h5-18H,19-20H2,1-4H3,(H,29,31)/b28-22-. The van der Waals surface area contributed by atoms with Crippen molar-refractivity contribution in [1.29, 1.82) is 0 Å². The third-order valence-corrected chi connectivity index (χ3v) is 7.35. The number of benzene rings is 3. The first kappa shape index (κ1) is 25.2. The summed E-state index contributed by atoms with van der Waals surface area (Å²) < 4.78 is 27.8. The Morgan fingerprint density at radius 3 is 2.06 bits per heavy atom. The van der Waals surface area contributed by atoms with Gasteiger partial charge in [0, 0.05) is 5.71 Å². The first-order valence-electron chi connectivity index (χ1n) is 11.1. The van der Waals surface area contributed by atoms with Gasteiger partial charge in [-0.1, -0.05) is 80.1 Å². The zero-order valence-corrected chi connectivity index (χ0v) is 20.8. The Bertz CT molecular complexity index is 1240. The summed E-state index contributed by atoms with van der Waals surface area (Å²) in [6.07, 6.45) is 0.640.